The Bertz CT molecular complexity index is 580. The van der Waals surface area contributed by atoms with Crippen molar-refractivity contribution in [2.45, 2.75) is 29.7 Å². The molecule has 1 aliphatic rings. The highest BCUT2D eigenvalue weighted by Gasteiger charge is 2.36. The molecule has 1 aromatic rings. The molecule has 19 heavy (non-hydrogen) atoms. The van der Waals surface area contributed by atoms with Crippen LogP contribution in [0.25, 0.3) is 0 Å². The zero-order chi connectivity index (χ0) is 14.2. The number of aromatic carboxylic acids is 1. The van der Waals surface area contributed by atoms with Gasteiger partial charge in [-0.25, -0.2) is 13.2 Å². The van der Waals surface area contributed by atoms with Crippen molar-refractivity contribution < 1.29 is 23.1 Å². The highest BCUT2D eigenvalue weighted by Crippen LogP contribution is 2.28. The monoisotopic (exact) mass is 305 g/mol. The van der Waals surface area contributed by atoms with Crippen molar-refractivity contribution in [1.82, 2.24) is 4.31 Å². The number of ether oxygens (including phenoxy) is 1. The van der Waals surface area contributed by atoms with Crippen LogP contribution in [0.4, 0.5) is 0 Å². The van der Waals surface area contributed by atoms with Crippen molar-refractivity contribution in [2.75, 3.05) is 13.7 Å². The molecule has 2 unspecified atom stereocenters. The number of sulfonamides is 1. The van der Waals surface area contributed by atoms with Crippen molar-refractivity contribution in [2.24, 2.45) is 0 Å². The van der Waals surface area contributed by atoms with Crippen LogP contribution in [0.15, 0.2) is 16.3 Å². The topological polar surface area (TPSA) is 83.9 Å². The molecule has 1 aliphatic heterocycles. The molecule has 0 aliphatic carbocycles. The number of carbonyl (C=O) groups is 1. The lowest BCUT2D eigenvalue weighted by molar-refractivity contribution is 0.0702. The summed E-state index contributed by atoms with van der Waals surface area (Å²) in [5.74, 6) is -1.12. The van der Waals surface area contributed by atoms with E-state index >= 15 is 0 Å². The number of nitrogens with zero attached hydrogens (tertiary/aromatic N) is 1. The zero-order valence-electron chi connectivity index (χ0n) is 10.6. The van der Waals surface area contributed by atoms with Crippen LogP contribution in [0, 0.1) is 0 Å². The lowest BCUT2D eigenvalue weighted by atomic mass is 10.2. The molecular formula is C11H15NO5S2. The van der Waals surface area contributed by atoms with Gasteiger partial charge in [-0.05, 0) is 25.5 Å². The fourth-order valence-electron chi connectivity index (χ4n) is 2.09. The fourth-order valence-corrected chi connectivity index (χ4v) is 4.87. The highest BCUT2D eigenvalue weighted by molar-refractivity contribution is 7.91. The predicted molar refractivity (Wildman–Crippen MR) is 70.0 cm³/mol. The number of carboxylic acid groups (broad SMARTS) is 1. The zero-order valence-corrected chi connectivity index (χ0v) is 12.2. The molecule has 1 N–H and O–H groups in total. The Morgan fingerprint density at radius 3 is 2.68 bits per heavy atom. The van der Waals surface area contributed by atoms with Crippen LogP contribution in [-0.4, -0.2) is 49.6 Å². The van der Waals surface area contributed by atoms with Crippen molar-refractivity contribution in [3.8, 4) is 0 Å². The van der Waals surface area contributed by atoms with E-state index in [4.69, 9.17) is 9.84 Å². The number of thiophene rings is 1. The van der Waals surface area contributed by atoms with E-state index in [0.717, 1.165) is 11.3 Å². The molecular weight excluding hydrogens is 290 g/mol. The highest BCUT2D eigenvalue weighted by atomic mass is 32.2. The molecule has 0 amide bonds. The summed E-state index contributed by atoms with van der Waals surface area (Å²) in [6.45, 7) is 2.37. The summed E-state index contributed by atoms with van der Waals surface area (Å²) in [4.78, 5) is 10.8. The third-order valence-corrected chi connectivity index (χ3v) is 6.65. The van der Waals surface area contributed by atoms with E-state index in [2.05, 4.69) is 0 Å². The summed E-state index contributed by atoms with van der Waals surface area (Å²) in [5, 5.41) is 8.84. The SMILES string of the molecule is CC1OCCC1N(C)S(=O)(=O)c1ccc(C(=O)O)s1. The molecule has 0 bridgehead atoms. The van der Waals surface area contributed by atoms with Gasteiger partial charge in [-0.2, -0.15) is 4.31 Å². The van der Waals surface area contributed by atoms with Gasteiger partial charge in [0.05, 0.1) is 12.1 Å². The lowest BCUT2D eigenvalue weighted by Crippen LogP contribution is -2.40. The molecule has 0 spiro atoms. The maximum atomic E-state index is 12.4. The molecule has 1 aromatic heterocycles. The van der Waals surface area contributed by atoms with Gasteiger partial charge >= 0.3 is 5.97 Å². The standard InChI is InChI=1S/C11H15NO5S2/c1-7-8(5-6-17-7)12(2)19(15,16)10-4-3-9(18-10)11(13)14/h3-4,7-8H,5-6H2,1-2H3,(H,13,14). The summed E-state index contributed by atoms with van der Waals surface area (Å²) in [6.07, 6.45) is 0.493. The van der Waals surface area contributed by atoms with Gasteiger partial charge in [-0.3, -0.25) is 0 Å². The van der Waals surface area contributed by atoms with Gasteiger partial charge in [-0.15, -0.1) is 11.3 Å². The van der Waals surface area contributed by atoms with Gasteiger partial charge < -0.3 is 9.84 Å². The van der Waals surface area contributed by atoms with Crippen molar-refractivity contribution in [3.63, 3.8) is 0 Å². The van der Waals surface area contributed by atoms with Gasteiger partial charge in [0.2, 0.25) is 0 Å². The van der Waals surface area contributed by atoms with Crippen LogP contribution in [0.3, 0.4) is 0 Å². The van der Waals surface area contributed by atoms with Crippen LogP contribution in [0.5, 0.6) is 0 Å². The number of hydrogen-bond donors (Lipinski definition) is 1. The Labute approximate surface area is 115 Å². The first kappa shape index (κ1) is 14.4. The molecule has 8 heteroatoms. The number of carboxylic acids is 1. The maximum Gasteiger partial charge on any atom is 0.345 e. The van der Waals surface area contributed by atoms with Gasteiger partial charge in [0, 0.05) is 13.7 Å². The van der Waals surface area contributed by atoms with Crippen molar-refractivity contribution >= 4 is 27.3 Å². The van der Waals surface area contributed by atoms with E-state index in [0.29, 0.717) is 13.0 Å². The second-order valence-corrected chi connectivity index (χ2v) is 7.69. The fraction of sp³-hybridized carbons (Fsp3) is 0.545. The van der Waals surface area contributed by atoms with Gasteiger partial charge in [0.1, 0.15) is 9.09 Å². The first-order chi connectivity index (χ1) is 8.84. The van der Waals surface area contributed by atoms with E-state index in [1.54, 1.807) is 0 Å². The smallest absolute Gasteiger partial charge is 0.345 e. The second-order valence-electron chi connectivity index (χ2n) is 4.38. The van der Waals surface area contributed by atoms with E-state index < -0.39 is 16.0 Å². The average Bonchev–Trinajstić information content (AvgIpc) is 2.96. The summed E-state index contributed by atoms with van der Waals surface area (Å²) < 4.78 is 31.5. The van der Waals surface area contributed by atoms with Crippen molar-refractivity contribution in [1.29, 1.82) is 0 Å². The lowest BCUT2D eigenvalue weighted by Gasteiger charge is -2.25. The molecule has 2 heterocycles. The summed E-state index contributed by atoms with van der Waals surface area (Å²) in [5.41, 5.74) is 0. The van der Waals surface area contributed by atoms with E-state index in [-0.39, 0.29) is 21.2 Å². The summed E-state index contributed by atoms with van der Waals surface area (Å²) in [6, 6.07) is 2.43. The quantitative estimate of drug-likeness (QED) is 0.905. The summed E-state index contributed by atoms with van der Waals surface area (Å²) >= 11 is 0.766. The van der Waals surface area contributed by atoms with Gasteiger partial charge in [0.25, 0.3) is 10.0 Å². The summed E-state index contributed by atoms with van der Waals surface area (Å²) in [7, 11) is -2.15. The average molecular weight is 305 g/mol. The Balaban J connectivity index is 2.28. The molecule has 1 fully saturated rings. The molecule has 2 atom stereocenters. The Kier molecular flexibility index (Phi) is 3.95. The largest absolute Gasteiger partial charge is 0.477 e. The molecule has 106 valence electrons. The Hall–Kier alpha value is -0.960. The van der Waals surface area contributed by atoms with Crippen LogP contribution in [0.1, 0.15) is 23.0 Å². The minimum atomic E-state index is -3.66. The Morgan fingerprint density at radius 1 is 1.53 bits per heavy atom. The van der Waals surface area contributed by atoms with Crippen LogP contribution >= 0.6 is 11.3 Å². The van der Waals surface area contributed by atoms with E-state index in [9.17, 15) is 13.2 Å². The molecule has 0 radical (unpaired) electrons. The minimum Gasteiger partial charge on any atom is -0.477 e. The molecule has 0 aromatic carbocycles. The minimum absolute atomic E-state index is 0.0164. The second kappa shape index (κ2) is 5.20. The van der Waals surface area contributed by atoms with Crippen LogP contribution in [-0.2, 0) is 14.8 Å². The normalized spacial score (nSPS) is 23.9. The Morgan fingerprint density at radius 2 is 2.21 bits per heavy atom. The van der Waals surface area contributed by atoms with Crippen molar-refractivity contribution in [3.05, 3.63) is 17.0 Å². The third-order valence-electron chi connectivity index (χ3n) is 3.23. The van der Waals surface area contributed by atoms with E-state index in [1.807, 2.05) is 6.92 Å². The van der Waals surface area contributed by atoms with Gasteiger partial charge in [-0.1, -0.05) is 0 Å². The predicted octanol–water partition coefficient (Wildman–Crippen LogP) is 1.24. The van der Waals surface area contributed by atoms with E-state index in [1.165, 1.54) is 23.5 Å². The van der Waals surface area contributed by atoms with Gasteiger partial charge in [0.15, 0.2) is 0 Å². The van der Waals surface area contributed by atoms with Crippen LogP contribution < -0.4 is 0 Å². The third kappa shape index (κ3) is 2.66. The molecule has 2 rings (SSSR count). The first-order valence-electron chi connectivity index (χ1n) is 5.77. The maximum absolute atomic E-state index is 12.4. The number of hydrogen-bond acceptors (Lipinski definition) is 5. The first-order valence-corrected chi connectivity index (χ1v) is 8.02. The number of rotatable bonds is 4. The van der Waals surface area contributed by atoms with Crippen LogP contribution in [0.2, 0.25) is 0 Å². The molecule has 1 saturated heterocycles. The number of likely N-dealkylation sites (N-methyl/N-ethyl adjacent to an activating group) is 1. The molecule has 0 saturated carbocycles. The molecule has 6 nitrogen and oxygen atoms in total.